The summed E-state index contributed by atoms with van der Waals surface area (Å²) in [7, 11) is 0. The summed E-state index contributed by atoms with van der Waals surface area (Å²) in [6, 6.07) is 5.07. The highest BCUT2D eigenvalue weighted by Crippen LogP contribution is 2.21. The van der Waals surface area contributed by atoms with Gasteiger partial charge in [-0.15, -0.1) is 0 Å². The molecule has 0 atom stereocenters. The number of H-pyrrole nitrogens is 1. The highest BCUT2D eigenvalue weighted by molar-refractivity contribution is 5.56. The van der Waals surface area contributed by atoms with Crippen LogP contribution in [0, 0.1) is 6.92 Å². The molecule has 0 aliphatic heterocycles. The van der Waals surface area contributed by atoms with Gasteiger partial charge in [-0.25, -0.2) is 5.10 Å². The molecule has 0 aliphatic rings. The van der Waals surface area contributed by atoms with Gasteiger partial charge in [0.25, 0.3) is 5.56 Å². The number of aryl methyl sites for hydroxylation is 1. The number of nitrogens with zero attached hydrogens (tertiary/aromatic N) is 1. The second-order valence-corrected chi connectivity index (χ2v) is 3.22. The summed E-state index contributed by atoms with van der Waals surface area (Å²) >= 11 is 0. The van der Waals surface area contributed by atoms with Crippen molar-refractivity contribution in [2.24, 2.45) is 5.73 Å². The molecule has 0 aliphatic carbocycles. The Bertz CT molecular complexity index is 527. The molecule has 0 amide bonds. The molecule has 0 saturated heterocycles. The van der Waals surface area contributed by atoms with Gasteiger partial charge in [0.05, 0.1) is 0 Å². The zero-order valence-corrected chi connectivity index (χ0v) is 8.28. The van der Waals surface area contributed by atoms with Crippen LogP contribution in [0.2, 0.25) is 0 Å². The standard InChI is InChI=1S/C10H11N3O2/c1-6-2-3-8(15-6)10-7(5-11)4-9(14)12-13-10/h2-4H,5,11H2,1H3,(H,12,14). The van der Waals surface area contributed by atoms with Crippen molar-refractivity contribution in [3.05, 3.63) is 39.9 Å². The van der Waals surface area contributed by atoms with E-state index in [2.05, 4.69) is 10.2 Å². The number of furan rings is 1. The minimum atomic E-state index is -0.262. The Morgan fingerprint density at radius 3 is 2.93 bits per heavy atom. The van der Waals surface area contributed by atoms with E-state index in [0.29, 0.717) is 17.0 Å². The van der Waals surface area contributed by atoms with Gasteiger partial charge < -0.3 is 10.2 Å². The van der Waals surface area contributed by atoms with Crippen molar-refractivity contribution in [3.8, 4) is 11.5 Å². The van der Waals surface area contributed by atoms with Crippen LogP contribution in [0.25, 0.3) is 11.5 Å². The minimum Gasteiger partial charge on any atom is -0.460 e. The van der Waals surface area contributed by atoms with Gasteiger partial charge in [-0.05, 0) is 19.1 Å². The average Bonchev–Trinajstić information content (AvgIpc) is 2.64. The molecular weight excluding hydrogens is 194 g/mol. The van der Waals surface area contributed by atoms with E-state index in [1.807, 2.05) is 13.0 Å². The molecule has 0 spiro atoms. The van der Waals surface area contributed by atoms with E-state index in [4.69, 9.17) is 10.2 Å². The normalized spacial score (nSPS) is 10.5. The molecule has 0 saturated carbocycles. The molecule has 0 fully saturated rings. The number of hydrogen-bond acceptors (Lipinski definition) is 4. The van der Waals surface area contributed by atoms with Crippen LogP contribution in [0.15, 0.2) is 27.4 Å². The Hall–Kier alpha value is -1.88. The molecule has 2 aromatic rings. The van der Waals surface area contributed by atoms with E-state index in [1.54, 1.807) is 6.07 Å². The maximum absolute atomic E-state index is 11.0. The third kappa shape index (κ3) is 1.82. The predicted octanol–water partition coefficient (Wildman–Crippen LogP) is 0.797. The van der Waals surface area contributed by atoms with Crippen molar-refractivity contribution in [3.63, 3.8) is 0 Å². The Morgan fingerprint density at radius 1 is 1.53 bits per heavy atom. The predicted molar refractivity (Wildman–Crippen MR) is 55.2 cm³/mol. The lowest BCUT2D eigenvalue weighted by Gasteiger charge is -2.01. The molecule has 0 aromatic carbocycles. The fraction of sp³-hybridized carbons (Fsp3) is 0.200. The summed E-state index contributed by atoms with van der Waals surface area (Å²) in [5.41, 5.74) is 6.53. The van der Waals surface area contributed by atoms with E-state index in [9.17, 15) is 4.79 Å². The molecule has 0 unspecified atom stereocenters. The molecule has 3 N–H and O–H groups in total. The Morgan fingerprint density at radius 2 is 2.33 bits per heavy atom. The van der Waals surface area contributed by atoms with E-state index < -0.39 is 0 Å². The van der Waals surface area contributed by atoms with Crippen molar-refractivity contribution in [1.29, 1.82) is 0 Å². The highest BCUT2D eigenvalue weighted by atomic mass is 16.3. The average molecular weight is 205 g/mol. The van der Waals surface area contributed by atoms with Crippen LogP contribution in [-0.2, 0) is 6.54 Å². The van der Waals surface area contributed by atoms with Crippen molar-refractivity contribution >= 4 is 0 Å². The summed E-state index contributed by atoms with van der Waals surface area (Å²) in [5.74, 6) is 1.41. The smallest absolute Gasteiger partial charge is 0.264 e. The molecule has 5 nitrogen and oxygen atoms in total. The topological polar surface area (TPSA) is 84.9 Å². The van der Waals surface area contributed by atoms with Gasteiger partial charge in [0.2, 0.25) is 0 Å². The minimum absolute atomic E-state index is 0.256. The fourth-order valence-electron chi connectivity index (χ4n) is 1.37. The number of rotatable bonds is 2. The molecule has 0 radical (unpaired) electrons. The summed E-state index contributed by atoms with van der Waals surface area (Å²) in [5, 5.41) is 6.28. The summed E-state index contributed by atoms with van der Waals surface area (Å²) < 4.78 is 5.41. The third-order valence-corrected chi connectivity index (χ3v) is 2.08. The van der Waals surface area contributed by atoms with Gasteiger partial charge in [-0.3, -0.25) is 4.79 Å². The third-order valence-electron chi connectivity index (χ3n) is 2.08. The monoisotopic (exact) mass is 205 g/mol. The van der Waals surface area contributed by atoms with Crippen LogP contribution in [0.5, 0.6) is 0 Å². The van der Waals surface area contributed by atoms with Crippen LogP contribution in [-0.4, -0.2) is 10.2 Å². The maximum atomic E-state index is 11.0. The lowest BCUT2D eigenvalue weighted by molar-refractivity contribution is 0.544. The number of hydrogen-bond donors (Lipinski definition) is 2. The van der Waals surface area contributed by atoms with Gasteiger partial charge in [-0.2, -0.15) is 5.10 Å². The van der Waals surface area contributed by atoms with Crippen LogP contribution < -0.4 is 11.3 Å². The first-order valence-corrected chi connectivity index (χ1v) is 4.56. The quantitative estimate of drug-likeness (QED) is 0.759. The largest absolute Gasteiger partial charge is 0.460 e. The summed E-state index contributed by atoms with van der Waals surface area (Å²) in [6.07, 6.45) is 0. The molecule has 2 rings (SSSR count). The summed E-state index contributed by atoms with van der Waals surface area (Å²) in [6.45, 7) is 2.10. The zero-order valence-electron chi connectivity index (χ0n) is 8.28. The first-order valence-electron chi connectivity index (χ1n) is 4.56. The van der Waals surface area contributed by atoms with Crippen molar-refractivity contribution in [2.45, 2.75) is 13.5 Å². The molecular formula is C10H11N3O2. The van der Waals surface area contributed by atoms with Crippen LogP contribution in [0.1, 0.15) is 11.3 Å². The van der Waals surface area contributed by atoms with Crippen LogP contribution in [0.4, 0.5) is 0 Å². The van der Waals surface area contributed by atoms with Gasteiger partial charge >= 0.3 is 0 Å². The number of aromatic amines is 1. The maximum Gasteiger partial charge on any atom is 0.264 e. The first-order chi connectivity index (χ1) is 7.20. The lowest BCUT2D eigenvalue weighted by Crippen LogP contribution is -2.12. The van der Waals surface area contributed by atoms with Gasteiger partial charge in [0, 0.05) is 18.2 Å². The lowest BCUT2D eigenvalue weighted by atomic mass is 10.2. The van der Waals surface area contributed by atoms with E-state index >= 15 is 0 Å². The summed E-state index contributed by atoms with van der Waals surface area (Å²) in [4.78, 5) is 11.0. The molecule has 15 heavy (non-hydrogen) atoms. The second-order valence-electron chi connectivity index (χ2n) is 3.22. The second kappa shape index (κ2) is 3.70. The zero-order chi connectivity index (χ0) is 10.8. The highest BCUT2D eigenvalue weighted by Gasteiger charge is 2.09. The fourth-order valence-corrected chi connectivity index (χ4v) is 1.37. The van der Waals surface area contributed by atoms with Gasteiger partial charge in [0.15, 0.2) is 5.76 Å². The SMILES string of the molecule is Cc1ccc(-c2n[nH]c(=O)cc2CN)o1. The van der Waals surface area contributed by atoms with E-state index in [1.165, 1.54) is 6.07 Å². The van der Waals surface area contributed by atoms with Crippen molar-refractivity contribution in [1.82, 2.24) is 10.2 Å². The Kier molecular flexibility index (Phi) is 2.39. The van der Waals surface area contributed by atoms with Gasteiger partial charge in [0.1, 0.15) is 11.5 Å². The molecule has 78 valence electrons. The number of aromatic nitrogens is 2. The van der Waals surface area contributed by atoms with Gasteiger partial charge in [-0.1, -0.05) is 0 Å². The Balaban J connectivity index is 2.57. The Labute approximate surface area is 85.9 Å². The number of nitrogens with one attached hydrogen (secondary N) is 1. The molecule has 2 heterocycles. The van der Waals surface area contributed by atoms with E-state index in [-0.39, 0.29) is 12.1 Å². The number of nitrogens with two attached hydrogens (primary N) is 1. The molecule has 2 aromatic heterocycles. The van der Waals surface area contributed by atoms with E-state index in [0.717, 1.165) is 5.76 Å². The van der Waals surface area contributed by atoms with Crippen LogP contribution >= 0.6 is 0 Å². The molecule has 0 bridgehead atoms. The van der Waals surface area contributed by atoms with Crippen LogP contribution in [0.3, 0.4) is 0 Å². The first kappa shape index (κ1) is 9.67. The van der Waals surface area contributed by atoms with Crippen molar-refractivity contribution in [2.75, 3.05) is 0 Å². The van der Waals surface area contributed by atoms with Crippen molar-refractivity contribution < 1.29 is 4.42 Å². The molecule has 5 heteroatoms.